The average Bonchev–Trinajstić information content (AvgIpc) is 2.61. The quantitative estimate of drug-likeness (QED) is 0.622. The second kappa shape index (κ2) is 7.82. The number of hydrogen-bond donors (Lipinski definition) is 1. The predicted molar refractivity (Wildman–Crippen MR) is 92.4 cm³/mol. The van der Waals surface area contributed by atoms with Gasteiger partial charge in [-0.3, -0.25) is 9.97 Å². The Kier molecular flexibility index (Phi) is 6.03. The molecule has 0 radical (unpaired) electrons. The van der Waals surface area contributed by atoms with Crippen molar-refractivity contribution in [3.05, 3.63) is 41.4 Å². The molecule has 2 rings (SSSR count). The van der Waals surface area contributed by atoms with Crippen molar-refractivity contribution in [2.24, 2.45) is 0 Å². The van der Waals surface area contributed by atoms with Crippen LogP contribution in [-0.4, -0.2) is 20.0 Å². The topological polar surface area (TPSA) is 96.3 Å². The Balaban J connectivity index is 2.85. The zero-order valence-corrected chi connectivity index (χ0v) is 15.2. The lowest BCUT2D eigenvalue weighted by Crippen LogP contribution is -2.29. The highest BCUT2D eigenvalue weighted by molar-refractivity contribution is 7.99. The summed E-state index contributed by atoms with van der Waals surface area (Å²) >= 11 is 1.20. The minimum atomic E-state index is -3.75. The minimum Gasteiger partial charge on any atom is -0.437 e. The molecular weight excluding hydrogens is 347 g/mol. The maximum atomic E-state index is 13.0. The van der Waals surface area contributed by atoms with Gasteiger partial charge in [-0.1, -0.05) is 30.3 Å². The molecule has 0 aliphatic rings. The van der Waals surface area contributed by atoms with Gasteiger partial charge >= 0.3 is 7.60 Å². The summed E-state index contributed by atoms with van der Waals surface area (Å²) in [6, 6.07) is 11.1. The van der Waals surface area contributed by atoms with Gasteiger partial charge in [0.2, 0.25) is 5.55 Å². The Morgan fingerprint density at radius 2 is 2.04 bits per heavy atom. The third-order valence-corrected chi connectivity index (χ3v) is 6.27. The van der Waals surface area contributed by atoms with Gasteiger partial charge in [0.05, 0.1) is 6.61 Å². The number of nitriles is 1. The van der Waals surface area contributed by atoms with Gasteiger partial charge in [-0.15, -0.1) is 11.8 Å². The summed E-state index contributed by atoms with van der Waals surface area (Å²) in [7, 11) is -2.50. The normalized spacial score (nSPS) is 13.2. The highest BCUT2D eigenvalue weighted by Crippen LogP contribution is 2.48. The van der Waals surface area contributed by atoms with Crippen LogP contribution >= 0.6 is 19.4 Å². The van der Waals surface area contributed by atoms with Crippen LogP contribution < -0.4 is 10.9 Å². The molecule has 0 aliphatic heterocycles. The molecule has 1 unspecified atom stereocenters. The summed E-state index contributed by atoms with van der Waals surface area (Å²) in [6.45, 7) is 1.81. The lowest BCUT2D eigenvalue weighted by molar-refractivity contribution is 0.253. The fraction of sp³-hybridized carbons (Fsp3) is 0.250. The van der Waals surface area contributed by atoms with Crippen molar-refractivity contribution in [2.45, 2.75) is 11.8 Å². The van der Waals surface area contributed by atoms with Crippen LogP contribution in [-0.2, 0) is 13.6 Å². The molecule has 1 aromatic carbocycles. The average molecular weight is 364 g/mol. The van der Waals surface area contributed by atoms with E-state index in [2.05, 4.69) is 6.07 Å². The zero-order chi connectivity index (χ0) is 17.7. The van der Waals surface area contributed by atoms with E-state index in [1.54, 1.807) is 25.3 Å². The number of benzene rings is 1. The summed E-state index contributed by atoms with van der Waals surface area (Å²) in [4.78, 5) is 0.367. The third kappa shape index (κ3) is 3.33. The van der Waals surface area contributed by atoms with E-state index < -0.39 is 7.60 Å². The molecule has 1 N–H and O–H groups in total. The Labute approximate surface area is 144 Å². The molecule has 0 fully saturated rings. The second-order valence-corrected chi connectivity index (χ2v) is 7.47. The van der Waals surface area contributed by atoms with Gasteiger partial charge in [0, 0.05) is 17.6 Å². The molecule has 8 heteroatoms. The Bertz CT molecular complexity index is 874. The van der Waals surface area contributed by atoms with Crippen molar-refractivity contribution in [1.82, 2.24) is 0 Å². The maximum Gasteiger partial charge on any atom is 0.367 e. The van der Waals surface area contributed by atoms with Gasteiger partial charge in [-0.2, -0.15) is 5.26 Å². The molecule has 126 valence electrons. The van der Waals surface area contributed by atoms with Gasteiger partial charge in [0.15, 0.2) is 5.76 Å². The standard InChI is InChI=1S/C16H17N2O4PS/c1-4-21-23(19,20-2)14-15(24-3)12(10-17)13(22-16(14)18)11-8-6-5-7-9-11/h5-9,18H,4H2,1-3H3. The smallest absolute Gasteiger partial charge is 0.367 e. The van der Waals surface area contributed by atoms with E-state index in [1.807, 2.05) is 18.2 Å². The van der Waals surface area contributed by atoms with E-state index in [0.29, 0.717) is 10.5 Å². The van der Waals surface area contributed by atoms with E-state index in [-0.39, 0.29) is 28.8 Å². The number of nitrogens with zero attached hydrogens (tertiary/aromatic N) is 1. The predicted octanol–water partition coefficient (Wildman–Crippen LogP) is 3.52. The van der Waals surface area contributed by atoms with Gasteiger partial charge in [-0.05, 0) is 13.2 Å². The molecule has 6 nitrogen and oxygen atoms in total. The van der Waals surface area contributed by atoms with Crippen LogP contribution in [0.5, 0.6) is 0 Å². The number of rotatable bonds is 6. The molecule has 0 amide bonds. The van der Waals surface area contributed by atoms with Gasteiger partial charge in [0.1, 0.15) is 16.9 Å². The van der Waals surface area contributed by atoms with Crippen LogP contribution in [0.1, 0.15) is 12.5 Å². The molecule has 2 aromatic rings. The molecule has 1 aromatic heterocycles. The highest BCUT2D eigenvalue weighted by Gasteiger charge is 2.35. The molecule has 24 heavy (non-hydrogen) atoms. The number of thioether (sulfide) groups is 1. The summed E-state index contributed by atoms with van der Waals surface area (Å²) in [5.74, 6) is 0.260. The summed E-state index contributed by atoms with van der Waals surface area (Å²) in [5, 5.41) is 17.8. The van der Waals surface area contributed by atoms with Gasteiger partial charge in [0.25, 0.3) is 0 Å². The first-order valence-corrected chi connectivity index (χ1v) is 9.85. The van der Waals surface area contributed by atoms with Crippen molar-refractivity contribution in [2.75, 3.05) is 20.0 Å². The van der Waals surface area contributed by atoms with E-state index in [4.69, 9.17) is 18.9 Å². The first-order chi connectivity index (χ1) is 11.5. The highest BCUT2D eigenvalue weighted by atomic mass is 32.2. The maximum absolute atomic E-state index is 13.0. The van der Waals surface area contributed by atoms with Crippen LogP contribution in [0.15, 0.2) is 39.6 Å². The molecule has 0 saturated carbocycles. The third-order valence-electron chi connectivity index (χ3n) is 3.25. The van der Waals surface area contributed by atoms with Crippen LogP contribution in [0, 0.1) is 16.7 Å². The van der Waals surface area contributed by atoms with Gasteiger partial charge < -0.3 is 13.5 Å². The van der Waals surface area contributed by atoms with E-state index >= 15 is 0 Å². The SMILES string of the molecule is CCOP(=O)(OC)c1c(SC)c(C#N)c(-c2ccccc2)oc1=N. The van der Waals surface area contributed by atoms with Crippen molar-refractivity contribution in [1.29, 1.82) is 10.7 Å². The first kappa shape index (κ1) is 18.5. The summed E-state index contributed by atoms with van der Waals surface area (Å²) in [5.41, 5.74) is 0.528. The van der Waals surface area contributed by atoms with Crippen LogP contribution in [0.3, 0.4) is 0 Å². The molecule has 1 atom stereocenters. The van der Waals surface area contributed by atoms with Crippen molar-refractivity contribution >= 4 is 24.7 Å². The molecule has 0 spiro atoms. The molecular formula is C16H17N2O4PS. The lowest BCUT2D eigenvalue weighted by Gasteiger charge is -2.19. The summed E-state index contributed by atoms with van der Waals surface area (Å²) in [6.07, 6.45) is 1.74. The van der Waals surface area contributed by atoms with E-state index in [0.717, 1.165) is 0 Å². The Morgan fingerprint density at radius 3 is 2.54 bits per heavy atom. The Morgan fingerprint density at radius 1 is 1.38 bits per heavy atom. The minimum absolute atomic E-state index is 0.0180. The fourth-order valence-electron chi connectivity index (χ4n) is 2.25. The largest absolute Gasteiger partial charge is 0.437 e. The second-order valence-electron chi connectivity index (χ2n) is 4.59. The zero-order valence-electron chi connectivity index (χ0n) is 13.5. The van der Waals surface area contributed by atoms with Crippen LogP contribution in [0.2, 0.25) is 0 Å². The molecule has 0 bridgehead atoms. The number of hydrogen-bond acceptors (Lipinski definition) is 7. The monoisotopic (exact) mass is 364 g/mol. The van der Waals surface area contributed by atoms with Crippen molar-refractivity contribution < 1.29 is 18.0 Å². The molecule has 0 aliphatic carbocycles. The van der Waals surface area contributed by atoms with Crippen LogP contribution in [0.25, 0.3) is 11.3 Å². The fourth-order valence-corrected chi connectivity index (χ4v) is 4.90. The first-order valence-electron chi connectivity index (χ1n) is 7.08. The van der Waals surface area contributed by atoms with Gasteiger partial charge in [-0.25, -0.2) is 0 Å². The van der Waals surface area contributed by atoms with Crippen molar-refractivity contribution in [3.8, 4) is 17.4 Å². The summed E-state index contributed by atoms with van der Waals surface area (Å²) < 4.78 is 28.8. The van der Waals surface area contributed by atoms with Crippen LogP contribution in [0.4, 0.5) is 0 Å². The lowest BCUT2D eigenvalue weighted by atomic mass is 10.1. The van der Waals surface area contributed by atoms with E-state index in [9.17, 15) is 9.83 Å². The molecule has 0 saturated heterocycles. The van der Waals surface area contributed by atoms with Crippen molar-refractivity contribution in [3.63, 3.8) is 0 Å². The Hall–Kier alpha value is -1.84. The number of nitrogens with one attached hydrogen (secondary N) is 1. The van der Waals surface area contributed by atoms with E-state index in [1.165, 1.54) is 18.9 Å². The molecule has 1 heterocycles.